The van der Waals surface area contributed by atoms with Crippen LogP contribution in [0.15, 0.2) is 18.5 Å². The Morgan fingerprint density at radius 3 is 3.00 bits per heavy atom. The zero-order valence-electron chi connectivity index (χ0n) is 12.2. The number of aromatic nitrogens is 1. The molecule has 114 valence electrons. The topological polar surface area (TPSA) is 82.5 Å². The zero-order chi connectivity index (χ0) is 15.2. The second kappa shape index (κ2) is 7.17. The molecule has 1 aromatic rings. The maximum atomic E-state index is 12.5. The molecule has 0 aromatic carbocycles. The van der Waals surface area contributed by atoms with E-state index in [2.05, 4.69) is 10.3 Å². The Balaban J connectivity index is 1.91. The molecule has 0 radical (unpaired) electrons. The van der Waals surface area contributed by atoms with Crippen LogP contribution in [0.25, 0.3) is 0 Å². The van der Waals surface area contributed by atoms with Crippen LogP contribution in [0.2, 0.25) is 0 Å². The molecule has 6 nitrogen and oxygen atoms in total. The predicted molar refractivity (Wildman–Crippen MR) is 78.1 cm³/mol. The minimum atomic E-state index is -0.857. The Hall–Kier alpha value is -1.95. The average molecular weight is 291 g/mol. The lowest BCUT2D eigenvalue weighted by Crippen LogP contribution is -2.43. The van der Waals surface area contributed by atoms with E-state index in [-0.39, 0.29) is 12.5 Å². The Labute approximate surface area is 124 Å². The van der Waals surface area contributed by atoms with Gasteiger partial charge in [-0.25, -0.2) is 0 Å². The van der Waals surface area contributed by atoms with Gasteiger partial charge in [-0.3, -0.25) is 14.6 Å². The standard InChI is InChI=1S/C15H21N3O3/c1-11-5-13(8-16-6-11)15(21)18-4-2-3-12(10-18)7-17-9-14(19)20/h5-6,8,12,17H,2-4,7,9-10H2,1H3,(H,19,20). The number of carbonyl (C=O) groups is 2. The third-order valence-electron chi connectivity index (χ3n) is 3.64. The van der Waals surface area contributed by atoms with Crippen molar-refractivity contribution in [3.63, 3.8) is 0 Å². The number of piperidine rings is 1. The highest BCUT2D eigenvalue weighted by atomic mass is 16.4. The van der Waals surface area contributed by atoms with Crippen LogP contribution in [-0.2, 0) is 4.79 Å². The van der Waals surface area contributed by atoms with Crippen molar-refractivity contribution in [1.29, 1.82) is 0 Å². The fraction of sp³-hybridized carbons (Fsp3) is 0.533. The number of rotatable bonds is 5. The van der Waals surface area contributed by atoms with Gasteiger partial charge in [0.25, 0.3) is 5.91 Å². The Kier molecular flexibility index (Phi) is 5.27. The summed E-state index contributed by atoms with van der Waals surface area (Å²) in [7, 11) is 0. The predicted octanol–water partition coefficient (Wildman–Crippen LogP) is 0.916. The van der Waals surface area contributed by atoms with Crippen molar-refractivity contribution in [3.8, 4) is 0 Å². The summed E-state index contributed by atoms with van der Waals surface area (Å²) in [5.74, 6) is -0.543. The highest BCUT2D eigenvalue weighted by Crippen LogP contribution is 2.18. The summed E-state index contributed by atoms with van der Waals surface area (Å²) >= 11 is 0. The minimum absolute atomic E-state index is 0.00846. The first-order chi connectivity index (χ1) is 10.1. The van der Waals surface area contributed by atoms with Gasteiger partial charge < -0.3 is 15.3 Å². The molecule has 0 bridgehead atoms. The van der Waals surface area contributed by atoms with Crippen molar-refractivity contribution < 1.29 is 14.7 Å². The number of hydrogen-bond acceptors (Lipinski definition) is 4. The van der Waals surface area contributed by atoms with Crippen LogP contribution in [-0.4, -0.2) is 53.0 Å². The summed E-state index contributed by atoms with van der Waals surface area (Å²) < 4.78 is 0. The van der Waals surface area contributed by atoms with E-state index in [0.717, 1.165) is 24.9 Å². The van der Waals surface area contributed by atoms with Gasteiger partial charge in [0.05, 0.1) is 12.1 Å². The quantitative estimate of drug-likeness (QED) is 0.843. The molecule has 1 aromatic heterocycles. The summed E-state index contributed by atoms with van der Waals surface area (Å²) in [6.07, 6.45) is 5.29. The lowest BCUT2D eigenvalue weighted by Gasteiger charge is -2.33. The van der Waals surface area contributed by atoms with Gasteiger partial charge in [0.15, 0.2) is 0 Å². The molecule has 0 aliphatic carbocycles. The first-order valence-electron chi connectivity index (χ1n) is 7.19. The molecule has 0 saturated carbocycles. The monoisotopic (exact) mass is 291 g/mol. The van der Waals surface area contributed by atoms with E-state index in [1.807, 2.05) is 17.9 Å². The second-order valence-electron chi connectivity index (χ2n) is 5.54. The fourth-order valence-corrected chi connectivity index (χ4v) is 2.65. The summed E-state index contributed by atoms with van der Waals surface area (Å²) in [4.78, 5) is 28.9. The zero-order valence-corrected chi connectivity index (χ0v) is 12.2. The van der Waals surface area contributed by atoms with Crippen LogP contribution in [0.4, 0.5) is 0 Å². The van der Waals surface area contributed by atoms with Crippen molar-refractivity contribution in [2.45, 2.75) is 19.8 Å². The van der Waals surface area contributed by atoms with Crippen molar-refractivity contribution in [3.05, 3.63) is 29.6 Å². The number of carboxylic acid groups (broad SMARTS) is 1. The number of pyridine rings is 1. The van der Waals surface area contributed by atoms with E-state index in [9.17, 15) is 9.59 Å². The van der Waals surface area contributed by atoms with Crippen LogP contribution in [0, 0.1) is 12.8 Å². The van der Waals surface area contributed by atoms with Gasteiger partial charge in [-0.2, -0.15) is 0 Å². The van der Waals surface area contributed by atoms with E-state index in [4.69, 9.17) is 5.11 Å². The molecule has 0 spiro atoms. The number of nitrogens with one attached hydrogen (secondary N) is 1. The number of carbonyl (C=O) groups excluding carboxylic acids is 1. The van der Waals surface area contributed by atoms with Crippen LogP contribution < -0.4 is 5.32 Å². The molecule has 1 fully saturated rings. The van der Waals surface area contributed by atoms with Gasteiger partial charge >= 0.3 is 5.97 Å². The molecular weight excluding hydrogens is 270 g/mol. The SMILES string of the molecule is Cc1cncc(C(=O)N2CCCC(CNCC(=O)O)C2)c1. The van der Waals surface area contributed by atoms with E-state index < -0.39 is 5.97 Å². The van der Waals surface area contributed by atoms with Crippen molar-refractivity contribution in [2.75, 3.05) is 26.2 Å². The molecule has 6 heteroatoms. The van der Waals surface area contributed by atoms with Crippen LogP contribution in [0.1, 0.15) is 28.8 Å². The fourth-order valence-electron chi connectivity index (χ4n) is 2.65. The van der Waals surface area contributed by atoms with Crippen molar-refractivity contribution >= 4 is 11.9 Å². The molecule has 2 rings (SSSR count). The molecule has 1 saturated heterocycles. The molecule has 1 unspecified atom stereocenters. The van der Waals surface area contributed by atoms with Gasteiger partial charge in [-0.15, -0.1) is 0 Å². The highest BCUT2D eigenvalue weighted by Gasteiger charge is 2.24. The van der Waals surface area contributed by atoms with Gasteiger partial charge in [-0.05, 0) is 37.3 Å². The lowest BCUT2D eigenvalue weighted by atomic mass is 9.97. The maximum absolute atomic E-state index is 12.5. The Bertz CT molecular complexity index is 519. The second-order valence-corrected chi connectivity index (χ2v) is 5.54. The highest BCUT2D eigenvalue weighted by molar-refractivity contribution is 5.94. The van der Waals surface area contributed by atoms with E-state index in [1.165, 1.54) is 0 Å². The smallest absolute Gasteiger partial charge is 0.317 e. The third-order valence-corrected chi connectivity index (χ3v) is 3.64. The summed E-state index contributed by atoms with van der Waals surface area (Å²) in [5.41, 5.74) is 1.59. The maximum Gasteiger partial charge on any atom is 0.317 e. The molecule has 1 aliphatic rings. The number of amides is 1. The molecule has 1 aliphatic heterocycles. The molecule has 2 N–H and O–H groups in total. The van der Waals surface area contributed by atoms with Crippen molar-refractivity contribution in [1.82, 2.24) is 15.2 Å². The Morgan fingerprint density at radius 1 is 1.48 bits per heavy atom. The number of aryl methyl sites for hydroxylation is 1. The van der Waals surface area contributed by atoms with E-state index in [1.54, 1.807) is 12.4 Å². The van der Waals surface area contributed by atoms with Gasteiger partial charge in [0.2, 0.25) is 0 Å². The first-order valence-corrected chi connectivity index (χ1v) is 7.19. The minimum Gasteiger partial charge on any atom is -0.480 e. The lowest BCUT2D eigenvalue weighted by molar-refractivity contribution is -0.136. The van der Waals surface area contributed by atoms with Crippen LogP contribution >= 0.6 is 0 Å². The largest absolute Gasteiger partial charge is 0.480 e. The van der Waals surface area contributed by atoms with E-state index >= 15 is 0 Å². The van der Waals surface area contributed by atoms with Crippen molar-refractivity contribution in [2.24, 2.45) is 5.92 Å². The summed E-state index contributed by atoms with van der Waals surface area (Å²) in [6, 6.07) is 1.85. The first kappa shape index (κ1) is 15.4. The van der Waals surface area contributed by atoms with E-state index in [0.29, 0.717) is 24.6 Å². The third kappa shape index (κ3) is 4.53. The normalized spacial score (nSPS) is 18.5. The molecular formula is C15H21N3O3. The van der Waals surface area contributed by atoms with Gasteiger partial charge in [0, 0.05) is 32.0 Å². The van der Waals surface area contributed by atoms with Crippen LogP contribution in [0.3, 0.4) is 0 Å². The Morgan fingerprint density at radius 2 is 2.29 bits per heavy atom. The number of hydrogen-bond donors (Lipinski definition) is 2. The summed E-state index contributed by atoms with van der Waals surface area (Å²) in [5, 5.41) is 11.5. The molecule has 1 atom stereocenters. The van der Waals surface area contributed by atoms with Crippen LogP contribution in [0.5, 0.6) is 0 Å². The number of nitrogens with zero attached hydrogens (tertiary/aromatic N) is 2. The molecule has 1 amide bonds. The van der Waals surface area contributed by atoms with Gasteiger partial charge in [-0.1, -0.05) is 0 Å². The number of carboxylic acids is 1. The number of likely N-dealkylation sites (tertiary alicyclic amines) is 1. The average Bonchev–Trinajstić information content (AvgIpc) is 2.46. The number of aliphatic carboxylic acids is 1. The summed E-state index contributed by atoms with van der Waals surface area (Å²) in [6.45, 7) is 3.93. The molecule has 2 heterocycles. The molecule has 21 heavy (non-hydrogen) atoms. The van der Waals surface area contributed by atoms with Gasteiger partial charge in [0.1, 0.15) is 0 Å².